The maximum atomic E-state index is 10.5. The fourth-order valence-corrected chi connectivity index (χ4v) is 1.66. The molecular weight excluding hydrogens is 214 g/mol. The molecule has 1 aromatic rings. The molecule has 6 nitrogen and oxygen atoms in total. The Kier molecular flexibility index (Phi) is 2.47. The van der Waals surface area contributed by atoms with Crippen molar-refractivity contribution in [1.82, 2.24) is 0 Å². The van der Waals surface area contributed by atoms with Crippen molar-refractivity contribution in [3.63, 3.8) is 0 Å². The molecule has 0 spiro atoms. The van der Waals surface area contributed by atoms with E-state index in [0.717, 1.165) is 5.56 Å². The first-order valence-corrected chi connectivity index (χ1v) is 4.72. The Hall–Kier alpha value is -2.11. The molecule has 1 aliphatic rings. The van der Waals surface area contributed by atoms with Crippen LogP contribution in [0.5, 0.6) is 5.75 Å². The van der Waals surface area contributed by atoms with Crippen molar-refractivity contribution >= 4 is 6.16 Å². The molecule has 1 N–H and O–H groups in total. The lowest BCUT2D eigenvalue weighted by molar-refractivity contribution is -0.496. The van der Waals surface area contributed by atoms with E-state index in [-0.39, 0.29) is 16.6 Å². The van der Waals surface area contributed by atoms with E-state index in [1.54, 1.807) is 12.1 Å². The number of carbonyl (C=O) groups is 1. The Morgan fingerprint density at radius 3 is 2.50 bits per heavy atom. The third-order valence-corrected chi connectivity index (χ3v) is 2.54. The summed E-state index contributed by atoms with van der Waals surface area (Å²) in [5, 5.41) is 18.8. The van der Waals surface area contributed by atoms with Gasteiger partial charge < -0.3 is 9.84 Å². The van der Waals surface area contributed by atoms with Gasteiger partial charge in [0.25, 0.3) is 0 Å². The van der Waals surface area contributed by atoms with Gasteiger partial charge in [0.2, 0.25) is 6.04 Å². The molecule has 6 heteroatoms. The summed E-state index contributed by atoms with van der Waals surface area (Å²) in [6.07, 6.45) is -0.825. The Balaban J connectivity index is 2.04. The molecule has 1 saturated carbocycles. The van der Waals surface area contributed by atoms with Crippen LogP contribution in [0.25, 0.3) is 0 Å². The number of ether oxygens (including phenoxy) is 1. The fraction of sp³-hybridized carbons (Fsp3) is 0.300. The van der Waals surface area contributed by atoms with Crippen LogP contribution in [0.1, 0.15) is 17.9 Å². The van der Waals surface area contributed by atoms with Gasteiger partial charge in [0, 0.05) is 11.3 Å². The van der Waals surface area contributed by atoms with Crippen LogP contribution in [-0.2, 0) is 0 Å². The lowest BCUT2D eigenvalue weighted by Crippen LogP contribution is -2.04. The molecule has 2 atom stereocenters. The molecule has 0 radical (unpaired) electrons. The molecule has 0 saturated heterocycles. The summed E-state index contributed by atoms with van der Waals surface area (Å²) in [6, 6.07) is 5.82. The first-order chi connectivity index (χ1) is 7.58. The van der Waals surface area contributed by atoms with Crippen LogP contribution in [0.3, 0.4) is 0 Å². The summed E-state index contributed by atoms with van der Waals surface area (Å²) in [5.74, 6) is 0.170. The van der Waals surface area contributed by atoms with E-state index in [2.05, 4.69) is 4.74 Å². The van der Waals surface area contributed by atoms with Crippen LogP contribution in [-0.4, -0.2) is 22.2 Å². The van der Waals surface area contributed by atoms with Crippen molar-refractivity contribution in [3.8, 4) is 5.75 Å². The van der Waals surface area contributed by atoms with E-state index in [1.807, 2.05) is 0 Å². The highest BCUT2D eigenvalue weighted by molar-refractivity contribution is 5.61. The van der Waals surface area contributed by atoms with Crippen LogP contribution < -0.4 is 4.74 Å². The molecule has 1 aliphatic carbocycles. The van der Waals surface area contributed by atoms with Crippen LogP contribution in [0, 0.1) is 10.1 Å². The predicted octanol–water partition coefficient (Wildman–Crippen LogP) is 1.88. The molecule has 2 rings (SSSR count). The van der Waals surface area contributed by atoms with E-state index in [1.165, 1.54) is 12.1 Å². The zero-order valence-electron chi connectivity index (χ0n) is 8.20. The number of hydrogen-bond acceptors (Lipinski definition) is 4. The van der Waals surface area contributed by atoms with Crippen molar-refractivity contribution in [1.29, 1.82) is 0 Å². The SMILES string of the molecule is O=C(O)Oc1ccc([C@@H]2C[C@H]2[N+](=O)[O-])cc1. The van der Waals surface area contributed by atoms with E-state index in [4.69, 9.17) is 5.11 Å². The lowest BCUT2D eigenvalue weighted by Gasteiger charge is -2.01. The smallest absolute Gasteiger partial charge is 0.449 e. The van der Waals surface area contributed by atoms with Gasteiger partial charge in [-0.05, 0) is 17.7 Å². The van der Waals surface area contributed by atoms with Crippen LogP contribution >= 0.6 is 0 Å². The maximum Gasteiger partial charge on any atom is 0.511 e. The quantitative estimate of drug-likeness (QED) is 0.365. The van der Waals surface area contributed by atoms with Gasteiger partial charge in [-0.3, -0.25) is 10.1 Å². The predicted molar refractivity (Wildman–Crippen MR) is 53.2 cm³/mol. The molecule has 1 fully saturated rings. The number of nitrogens with zero attached hydrogens (tertiary/aromatic N) is 1. The van der Waals surface area contributed by atoms with Crippen molar-refractivity contribution in [2.45, 2.75) is 18.4 Å². The van der Waals surface area contributed by atoms with E-state index in [0.29, 0.717) is 6.42 Å². The minimum atomic E-state index is -1.37. The second-order valence-corrected chi connectivity index (χ2v) is 3.63. The number of rotatable bonds is 3. The van der Waals surface area contributed by atoms with Gasteiger partial charge in [0.15, 0.2) is 0 Å². The summed E-state index contributed by atoms with van der Waals surface area (Å²) in [4.78, 5) is 20.4. The number of benzene rings is 1. The number of hydrogen-bond donors (Lipinski definition) is 1. The molecule has 84 valence electrons. The average molecular weight is 223 g/mol. The molecule has 0 unspecified atom stereocenters. The van der Waals surface area contributed by atoms with Gasteiger partial charge in [0.05, 0.1) is 5.92 Å². The van der Waals surface area contributed by atoms with Crippen LogP contribution in [0.2, 0.25) is 0 Å². The summed E-state index contributed by atoms with van der Waals surface area (Å²) in [7, 11) is 0. The van der Waals surface area contributed by atoms with Gasteiger partial charge in [0.1, 0.15) is 5.75 Å². The summed E-state index contributed by atoms with van der Waals surface area (Å²) < 4.78 is 4.43. The lowest BCUT2D eigenvalue weighted by atomic mass is 10.1. The van der Waals surface area contributed by atoms with Gasteiger partial charge in [-0.1, -0.05) is 12.1 Å². The van der Waals surface area contributed by atoms with Gasteiger partial charge in [-0.2, -0.15) is 0 Å². The highest BCUT2D eigenvalue weighted by Gasteiger charge is 2.49. The Bertz CT molecular complexity index is 427. The molecule has 0 aromatic heterocycles. The van der Waals surface area contributed by atoms with E-state index < -0.39 is 12.2 Å². The Morgan fingerprint density at radius 1 is 1.44 bits per heavy atom. The van der Waals surface area contributed by atoms with Gasteiger partial charge >= 0.3 is 6.16 Å². The largest absolute Gasteiger partial charge is 0.511 e. The van der Waals surface area contributed by atoms with Crippen LogP contribution in [0.4, 0.5) is 4.79 Å². The molecule has 0 amide bonds. The first-order valence-electron chi connectivity index (χ1n) is 4.72. The zero-order valence-corrected chi connectivity index (χ0v) is 8.20. The molecule has 0 aliphatic heterocycles. The molecule has 1 aromatic carbocycles. The minimum absolute atomic E-state index is 0.0473. The topological polar surface area (TPSA) is 89.7 Å². The van der Waals surface area contributed by atoms with Crippen molar-refractivity contribution in [2.24, 2.45) is 0 Å². The third-order valence-electron chi connectivity index (χ3n) is 2.54. The second kappa shape index (κ2) is 3.80. The van der Waals surface area contributed by atoms with Crippen molar-refractivity contribution < 1.29 is 19.6 Å². The zero-order chi connectivity index (χ0) is 11.7. The molecule has 0 heterocycles. The third kappa shape index (κ3) is 2.10. The Morgan fingerprint density at radius 2 is 2.06 bits per heavy atom. The number of nitro groups is 1. The first kappa shape index (κ1) is 10.4. The van der Waals surface area contributed by atoms with Gasteiger partial charge in [-0.15, -0.1) is 0 Å². The highest BCUT2D eigenvalue weighted by Crippen LogP contribution is 2.43. The van der Waals surface area contributed by atoms with E-state index in [9.17, 15) is 14.9 Å². The molecule has 16 heavy (non-hydrogen) atoms. The number of carboxylic acid groups (broad SMARTS) is 1. The molecular formula is C10H9NO5. The fourth-order valence-electron chi connectivity index (χ4n) is 1.66. The molecule has 0 bridgehead atoms. The summed E-state index contributed by atoms with van der Waals surface area (Å²) in [5.41, 5.74) is 0.847. The second-order valence-electron chi connectivity index (χ2n) is 3.63. The normalized spacial score (nSPS) is 22.5. The van der Waals surface area contributed by atoms with E-state index >= 15 is 0 Å². The van der Waals surface area contributed by atoms with Crippen molar-refractivity contribution in [3.05, 3.63) is 39.9 Å². The highest BCUT2D eigenvalue weighted by atomic mass is 16.7. The van der Waals surface area contributed by atoms with Crippen LogP contribution in [0.15, 0.2) is 24.3 Å². The van der Waals surface area contributed by atoms with Crippen molar-refractivity contribution in [2.75, 3.05) is 0 Å². The monoisotopic (exact) mass is 223 g/mol. The maximum absolute atomic E-state index is 10.5. The summed E-state index contributed by atoms with van der Waals surface area (Å²) in [6.45, 7) is 0. The summed E-state index contributed by atoms with van der Waals surface area (Å²) >= 11 is 0. The standard InChI is InChI=1S/C10H9NO5/c12-10(13)16-7-3-1-6(2-4-7)8-5-9(8)11(14)15/h1-4,8-9H,5H2,(H,12,13)/t8-,9+/m0/s1. The average Bonchev–Trinajstić information content (AvgIpc) is 2.97. The minimum Gasteiger partial charge on any atom is -0.449 e. The Labute approximate surface area is 90.6 Å². The van der Waals surface area contributed by atoms with Gasteiger partial charge in [-0.25, -0.2) is 4.79 Å².